The van der Waals surface area contributed by atoms with E-state index in [1.807, 2.05) is 0 Å². The number of aliphatic hydroxyl groups excluding tert-OH is 1. The van der Waals surface area contributed by atoms with E-state index in [1.54, 1.807) is 0 Å². The molecule has 0 aliphatic carbocycles. The van der Waals surface area contributed by atoms with Crippen LogP contribution in [0.25, 0.3) is 0 Å². The average molecular weight is 327 g/mol. The van der Waals surface area contributed by atoms with Gasteiger partial charge in [0.15, 0.2) is 0 Å². The second-order valence-corrected chi connectivity index (χ2v) is 4.79. The summed E-state index contributed by atoms with van der Waals surface area (Å²) < 4.78 is 52.1. The molecule has 0 saturated carbocycles. The molecule has 0 aromatic heterocycles. The molecule has 1 unspecified atom stereocenters. The zero-order valence-corrected chi connectivity index (χ0v) is 11.8. The van der Waals surface area contributed by atoms with Crippen LogP contribution in [0.4, 0.5) is 17.6 Å². The van der Waals surface area contributed by atoms with Gasteiger partial charge in [-0.05, 0) is 23.8 Å². The minimum Gasteiger partial charge on any atom is -0.387 e. The Balaban J connectivity index is 2.11. The highest BCUT2D eigenvalue weighted by atomic mass is 19.4. The molecule has 1 amide bonds. The highest BCUT2D eigenvalue weighted by molar-refractivity contribution is 5.94. The zero-order chi connectivity index (χ0) is 17.0. The van der Waals surface area contributed by atoms with Crippen LogP contribution in [0.2, 0.25) is 0 Å². The SMILES string of the molecule is O=C(NCC(O)c1ccccc1C(F)(F)F)c1ccccc1F. The Kier molecular flexibility index (Phi) is 5.00. The lowest BCUT2D eigenvalue weighted by molar-refractivity contribution is -0.139. The molecule has 3 nitrogen and oxygen atoms in total. The third kappa shape index (κ3) is 4.07. The van der Waals surface area contributed by atoms with Crippen LogP contribution in [0.15, 0.2) is 48.5 Å². The number of aliphatic hydroxyl groups is 1. The maximum Gasteiger partial charge on any atom is 0.416 e. The monoisotopic (exact) mass is 327 g/mol. The van der Waals surface area contributed by atoms with Crippen molar-refractivity contribution in [2.45, 2.75) is 12.3 Å². The number of halogens is 4. The molecule has 2 rings (SSSR count). The molecule has 2 aromatic carbocycles. The molecule has 0 spiro atoms. The molecular weight excluding hydrogens is 314 g/mol. The number of carbonyl (C=O) groups excluding carboxylic acids is 1. The number of amides is 1. The second kappa shape index (κ2) is 6.78. The van der Waals surface area contributed by atoms with Crippen LogP contribution in [-0.2, 0) is 6.18 Å². The van der Waals surface area contributed by atoms with E-state index in [9.17, 15) is 27.5 Å². The molecule has 0 fully saturated rings. The first-order valence-corrected chi connectivity index (χ1v) is 6.67. The van der Waals surface area contributed by atoms with E-state index >= 15 is 0 Å². The van der Waals surface area contributed by atoms with Gasteiger partial charge in [0.05, 0.1) is 17.2 Å². The number of hydrogen-bond acceptors (Lipinski definition) is 2. The van der Waals surface area contributed by atoms with Crippen molar-refractivity contribution in [3.63, 3.8) is 0 Å². The van der Waals surface area contributed by atoms with E-state index in [0.717, 1.165) is 18.2 Å². The van der Waals surface area contributed by atoms with Gasteiger partial charge >= 0.3 is 6.18 Å². The Morgan fingerprint density at radius 1 is 1.09 bits per heavy atom. The topological polar surface area (TPSA) is 49.3 Å². The number of hydrogen-bond donors (Lipinski definition) is 2. The summed E-state index contributed by atoms with van der Waals surface area (Å²) in [5.41, 5.74) is -1.58. The highest BCUT2D eigenvalue weighted by Gasteiger charge is 2.34. The summed E-state index contributed by atoms with van der Waals surface area (Å²) in [5, 5.41) is 12.1. The average Bonchev–Trinajstić information content (AvgIpc) is 2.52. The number of benzene rings is 2. The first-order chi connectivity index (χ1) is 10.8. The lowest BCUT2D eigenvalue weighted by Gasteiger charge is -2.18. The molecule has 2 aromatic rings. The minimum absolute atomic E-state index is 0.246. The maximum atomic E-state index is 13.4. The normalized spacial score (nSPS) is 12.7. The lowest BCUT2D eigenvalue weighted by Crippen LogP contribution is -2.29. The Morgan fingerprint density at radius 2 is 1.70 bits per heavy atom. The quantitative estimate of drug-likeness (QED) is 0.847. The van der Waals surface area contributed by atoms with Gasteiger partial charge in [-0.3, -0.25) is 4.79 Å². The number of alkyl halides is 3. The first-order valence-electron chi connectivity index (χ1n) is 6.67. The number of rotatable bonds is 4. The molecule has 0 saturated heterocycles. The molecule has 7 heteroatoms. The Morgan fingerprint density at radius 3 is 2.35 bits per heavy atom. The van der Waals surface area contributed by atoms with E-state index in [0.29, 0.717) is 0 Å². The smallest absolute Gasteiger partial charge is 0.387 e. The largest absolute Gasteiger partial charge is 0.416 e. The van der Waals surface area contributed by atoms with Crippen LogP contribution < -0.4 is 5.32 Å². The fraction of sp³-hybridized carbons (Fsp3) is 0.188. The summed E-state index contributed by atoms with van der Waals surface area (Å²) in [7, 11) is 0. The molecule has 0 aliphatic rings. The molecule has 0 bridgehead atoms. The van der Waals surface area contributed by atoms with Gasteiger partial charge in [0.2, 0.25) is 0 Å². The van der Waals surface area contributed by atoms with E-state index < -0.39 is 36.1 Å². The van der Waals surface area contributed by atoms with Crippen molar-refractivity contribution >= 4 is 5.91 Å². The molecule has 0 heterocycles. The Hall–Kier alpha value is -2.41. The third-order valence-corrected chi connectivity index (χ3v) is 3.20. The van der Waals surface area contributed by atoms with Crippen molar-refractivity contribution in [1.29, 1.82) is 0 Å². The van der Waals surface area contributed by atoms with Crippen molar-refractivity contribution in [2.24, 2.45) is 0 Å². The number of carbonyl (C=O) groups is 1. The third-order valence-electron chi connectivity index (χ3n) is 3.20. The van der Waals surface area contributed by atoms with E-state index in [-0.39, 0.29) is 11.1 Å². The molecular formula is C16H13F4NO2. The van der Waals surface area contributed by atoms with E-state index in [4.69, 9.17) is 0 Å². The van der Waals surface area contributed by atoms with Crippen LogP contribution in [-0.4, -0.2) is 17.6 Å². The van der Waals surface area contributed by atoms with Crippen molar-refractivity contribution in [2.75, 3.05) is 6.54 Å². The van der Waals surface area contributed by atoms with Crippen molar-refractivity contribution < 1.29 is 27.5 Å². The van der Waals surface area contributed by atoms with Crippen LogP contribution in [0.3, 0.4) is 0 Å². The Labute approximate surface area is 129 Å². The van der Waals surface area contributed by atoms with Crippen LogP contribution >= 0.6 is 0 Å². The fourth-order valence-corrected chi connectivity index (χ4v) is 2.09. The number of nitrogens with one attached hydrogen (secondary N) is 1. The van der Waals surface area contributed by atoms with Crippen molar-refractivity contribution in [1.82, 2.24) is 5.32 Å². The summed E-state index contributed by atoms with van der Waals surface area (Å²) >= 11 is 0. The maximum absolute atomic E-state index is 13.4. The van der Waals surface area contributed by atoms with Crippen molar-refractivity contribution in [3.8, 4) is 0 Å². The fourth-order valence-electron chi connectivity index (χ4n) is 2.09. The van der Waals surface area contributed by atoms with Crippen LogP contribution in [0.5, 0.6) is 0 Å². The van der Waals surface area contributed by atoms with Gasteiger partial charge in [0.1, 0.15) is 5.82 Å². The Bertz CT molecular complexity index is 700. The van der Waals surface area contributed by atoms with Gasteiger partial charge in [-0.2, -0.15) is 13.2 Å². The molecule has 0 radical (unpaired) electrons. The van der Waals surface area contributed by atoms with Gasteiger partial charge < -0.3 is 10.4 Å². The van der Waals surface area contributed by atoms with Gasteiger partial charge in [0.25, 0.3) is 5.91 Å². The highest BCUT2D eigenvalue weighted by Crippen LogP contribution is 2.34. The van der Waals surface area contributed by atoms with E-state index in [2.05, 4.69) is 5.32 Å². The summed E-state index contributed by atoms with van der Waals surface area (Å²) in [5.74, 6) is -1.57. The van der Waals surface area contributed by atoms with Gasteiger partial charge in [-0.15, -0.1) is 0 Å². The molecule has 122 valence electrons. The van der Waals surface area contributed by atoms with Gasteiger partial charge in [-0.1, -0.05) is 30.3 Å². The predicted molar refractivity (Wildman–Crippen MR) is 75.1 cm³/mol. The summed E-state index contributed by atoms with van der Waals surface area (Å²) in [6.45, 7) is -0.472. The van der Waals surface area contributed by atoms with Crippen molar-refractivity contribution in [3.05, 3.63) is 71.0 Å². The molecule has 1 atom stereocenters. The van der Waals surface area contributed by atoms with Gasteiger partial charge in [-0.25, -0.2) is 4.39 Å². The van der Waals surface area contributed by atoms with Crippen LogP contribution in [0.1, 0.15) is 27.6 Å². The summed E-state index contributed by atoms with van der Waals surface area (Å²) in [6, 6.07) is 9.71. The van der Waals surface area contributed by atoms with Gasteiger partial charge in [0, 0.05) is 6.54 Å². The minimum atomic E-state index is -4.62. The predicted octanol–water partition coefficient (Wildman–Crippen LogP) is 3.31. The van der Waals surface area contributed by atoms with E-state index in [1.165, 1.54) is 30.3 Å². The lowest BCUT2D eigenvalue weighted by atomic mass is 10.0. The summed E-state index contributed by atoms with van der Waals surface area (Å²) in [4.78, 5) is 11.8. The standard InChI is InChI=1S/C16H13F4NO2/c17-13-8-4-2-6-11(13)15(23)21-9-14(22)10-5-1-3-7-12(10)16(18,19)20/h1-8,14,22H,9H2,(H,21,23). The second-order valence-electron chi connectivity index (χ2n) is 4.79. The zero-order valence-electron chi connectivity index (χ0n) is 11.8. The molecule has 23 heavy (non-hydrogen) atoms. The molecule has 0 aliphatic heterocycles. The summed E-state index contributed by atoms with van der Waals surface area (Å²) in [6.07, 6.45) is -6.18. The van der Waals surface area contributed by atoms with Crippen LogP contribution in [0, 0.1) is 5.82 Å². The molecule has 2 N–H and O–H groups in total. The first kappa shape index (κ1) is 17.0.